The highest BCUT2D eigenvalue weighted by Crippen LogP contribution is 2.20. The minimum atomic E-state index is -0.588. The molecule has 1 aromatic carbocycles. The topological polar surface area (TPSA) is 159 Å². The molecule has 0 saturated carbocycles. The minimum absolute atomic E-state index is 0.167. The maximum absolute atomic E-state index is 12.4. The SMILES string of the molecule is C/C(N)=C/C(=O)C(=N)c1cc(NC(=O)c2ncc(C#N)cc2C)ccc1N. The van der Waals surface area contributed by atoms with Crippen LogP contribution in [0, 0.1) is 23.7 Å². The lowest BCUT2D eigenvalue weighted by molar-refractivity contribution is -0.108. The molecule has 1 amide bonds. The molecule has 2 aromatic rings. The second-order valence-corrected chi connectivity index (χ2v) is 5.89. The van der Waals surface area contributed by atoms with Gasteiger partial charge in [0.2, 0.25) is 5.78 Å². The molecule has 8 heteroatoms. The van der Waals surface area contributed by atoms with Gasteiger partial charge in [0.15, 0.2) is 0 Å². The number of ketones is 1. The Morgan fingerprint density at radius 1 is 1.33 bits per heavy atom. The van der Waals surface area contributed by atoms with E-state index in [2.05, 4.69) is 10.3 Å². The van der Waals surface area contributed by atoms with E-state index in [1.807, 2.05) is 6.07 Å². The number of pyridine rings is 1. The van der Waals surface area contributed by atoms with Gasteiger partial charge in [-0.2, -0.15) is 5.26 Å². The summed E-state index contributed by atoms with van der Waals surface area (Å²) in [7, 11) is 0. The number of anilines is 2. The fourth-order valence-corrected chi connectivity index (χ4v) is 2.33. The van der Waals surface area contributed by atoms with Crippen LogP contribution in [-0.4, -0.2) is 22.4 Å². The van der Waals surface area contributed by atoms with E-state index >= 15 is 0 Å². The minimum Gasteiger partial charge on any atom is -0.402 e. The first-order chi connectivity index (χ1) is 12.7. The van der Waals surface area contributed by atoms with Gasteiger partial charge in [-0.3, -0.25) is 15.0 Å². The Balaban J connectivity index is 2.29. The number of carbonyl (C=O) groups excluding carboxylic acids is 2. The summed E-state index contributed by atoms with van der Waals surface area (Å²) in [5.41, 5.74) is 13.1. The Morgan fingerprint density at radius 3 is 2.63 bits per heavy atom. The summed E-state index contributed by atoms with van der Waals surface area (Å²) in [4.78, 5) is 28.5. The number of aromatic nitrogens is 1. The van der Waals surface area contributed by atoms with Crippen LogP contribution in [0.5, 0.6) is 0 Å². The highest BCUT2D eigenvalue weighted by atomic mass is 16.2. The maximum atomic E-state index is 12.4. The molecule has 0 saturated heterocycles. The van der Waals surface area contributed by atoms with E-state index in [1.54, 1.807) is 19.1 Å². The number of benzene rings is 1. The lowest BCUT2D eigenvalue weighted by Gasteiger charge is -2.11. The molecule has 0 unspecified atom stereocenters. The predicted molar refractivity (Wildman–Crippen MR) is 102 cm³/mol. The van der Waals surface area contributed by atoms with E-state index in [1.165, 1.54) is 25.3 Å². The molecule has 0 bridgehead atoms. The van der Waals surface area contributed by atoms with Crippen LogP contribution in [0.1, 0.15) is 34.1 Å². The van der Waals surface area contributed by atoms with E-state index in [0.29, 0.717) is 16.8 Å². The number of nitriles is 1. The van der Waals surface area contributed by atoms with Gasteiger partial charge >= 0.3 is 0 Å². The zero-order valence-electron chi connectivity index (χ0n) is 14.8. The first-order valence-electron chi connectivity index (χ1n) is 7.87. The van der Waals surface area contributed by atoms with Crippen molar-refractivity contribution in [2.24, 2.45) is 5.73 Å². The summed E-state index contributed by atoms with van der Waals surface area (Å²) in [5, 5.41) is 19.5. The maximum Gasteiger partial charge on any atom is 0.274 e. The molecule has 0 fully saturated rings. The van der Waals surface area contributed by atoms with Crippen LogP contribution < -0.4 is 16.8 Å². The number of hydrogen-bond donors (Lipinski definition) is 4. The summed E-state index contributed by atoms with van der Waals surface area (Å²) in [6, 6.07) is 8.00. The summed E-state index contributed by atoms with van der Waals surface area (Å²) >= 11 is 0. The summed E-state index contributed by atoms with van der Waals surface area (Å²) in [5.74, 6) is -1.07. The number of nitrogens with two attached hydrogens (primary N) is 2. The Morgan fingerprint density at radius 2 is 2.04 bits per heavy atom. The lowest BCUT2D eigenvalue weighted by atomic mass is 10.0. The van der Waals surface area contributed by atoms with Gasteiger partial charge in [-0.15, -0.1) is 0 Å². The first kappa shape index (κ1) is 19.3. The zero-order chi connectivity index (χ0) is 20.1. The first-order valence-corrected chi connectivity index (χ1v) is 7.87. The summed E-state index contributed by atoms with van der Waals surface area (Å²) < 4.78 is 0. The third-order valence-corrected chi connectivity index (χ3v) is 3.61. The van der Waals surface area contributed by atoms with Crippen molar-refractivity contribution in [3.8, 4) is 6.07 Å². The molecular formula is C19H18N6O2. The molecule has 2 rings (SSSR count). The number of nitrogens with zero attached hydrogens (tertiary/aromatic N) is 2. The molecule has 136 valence electrons. The van der Waals surface area contributed by atoms with Crippen molar-refractivity contribution in [3.63, 3.8) is 0 Å². The Hall–Kier alpha value is -3.99. The van der Waals surface area contributed by atoms with Crippen molar-refractivity contribution >= 4 is 28.8 Å². The fourth-order valence-electron chi connectivity index (χ4n) is 2.33. The standard InChI is InChI=1S/C19H18N6O2/c1-10-5-12(8-20)9-24-18(10)19(27)25-13-3-4-15(22)14(7-13)17(23)16(26)6-11(2)21/h3-7,9,23H,21-22H2,1-2H3,(H,25,27)/b11-6-,23-17?. The number of nitrogen functional groups attached to an aromatic ring is 1. The largest absolute Gasteiger partial charge is 0.402 e. The van der Waals surface area contributed by atoms with E-state index in [9.17, 15) is 9.59 Å². The number of nitrogens with one attached hydrogen (secondary N) is 2. The molecule has 0 aliphatic carbocycles. The number of carbonyl (C=O) groups is 2. The highest BCUT2D eigenvalue weighted by molar-refractivity contribution is 6.49. The smallest absolute Gasteiger partial charge is 0.274 e. The molecule has 1 heterocycles. The third kappa shape index (κ3) is 4.55. The Kier molecular flexibility index (Phi) is 5.68. The number of hydrogen-bond acceptors (Lipinski definition) is 7. The van der Waals surface area contributed by atoms with Gasteiger partial charge in [0.25, 0.3) is 5.91 Å². The number of aryl methyl sites for hydroxylation is 1. The number of amides is 1. The van der Waals surface area contributed by atoms with Crippen molar-refractivity contribution in [3.05, 3.63) is 64.6 Å². The molecule has 6 N–H and O–H groups in total. The Labute approximate surface area is 156 Å². The molecule has 0 spiro atoms. The normalized spacial score (nSPS) is 10.8. The van der Waals surface area contributed by atoms with Crippen molar-refractivity contribution in [1.82, 2.24) is 4.98 Å². The van der Waals surface area contributed by atoms with Gasteiger partial charge in [-0.1, -0.05) is 0 Å². The molecule has 0 aliphatic rings. The summed E-state index contributed by atoms with van der Waals surface area (Å²) in [6.45, 7) is 3.21. The number of rotatable bonds is 5. The molecule has 27 heavy (non-hydrogen) atoms. The predicted octanol–water partition coefficient (Wildman–Crippen LogP) is 1.90. The van der Waals surface area contributed by atoms with Crippen LogP contribution in [0.3, 0.4) is 0 Å². The van der Waals surface area contributed by atoms with Crippen LogP contribution in [0.2, 0.25) is 0 Å². The molecular weight excluding hydrogens is 344 g/mol. The fraction of sp³-hybridized carbons (Fsp3) is 0.105. The lowest BCUT2D eigenvalue weighted by Crippen LogP contribution is -2.18. The quantitative estimate of drug-likeness (QED) is 0.361. The molecule has 1 aromatic heterocycles. The van der Waals surface area contributed by atoms with Gasteiger partial charge < -0.3 is 16.8 Å². The monoisotopic (exact) mass is 362 g/mol. The van der Waals surface area contributed by atoms with E-state index < -0.39 is 11.7 Å². The van der Waals surface area contributed by atoms with Crippen molar-refractivity contribution in [2.75, 3.05) is 11.1 Å². The van der Waals surface area contributed by atoms with Gasteiger partial charge in [-0.25, -0.2) is 4.98 Å². The average molecular weight is 362 g/mol. The highest BCUT2D eigenvalue weighted by Gasteiger charge is 2.16. The van der Waals surface area contributed by atoms with Gasteiger partial charge in [0, 0.05) is 34.9 Å². The van der Waals surface area contributed by atoms with Crippen LogP contribution in [0.15, 0.2) is 42.2 Å². The molecule has 8 nitrogen and oxygen atoms in total. The van der Waals surface area contributed by atoms with Crippen molar-refractivity contribution in [1.29, 1.82) is 10.7 Å². The van der Waals surface area contributed by atoms with Crippen LogP contribution in [-0.2, 0) is 4.79 Å². The second-order valence-electron chi connectivity index (χ2n) is 5.89. The van der Waals surface area contributed by atoms with E-state index in [-0.39, 0.29) is 28.4 Å². The molecule has 0 radical (unpaired) electrons. The molecule has 0 atom stereocenters. The van der Waals surface area contributed by atoms with Gasteiger partial charge in [0.1, 0.15) is 17.5 Å². The third-order valence-electron chi connectivity index (χ3n) is 3.61. The van der Waals surface area contributed by atoms with Crippen LogP contribution >= 0.6 is 0 Å². The van der Waals surface area contributed by atoms with Crippen molar-refractivity contribution in [2.45, 2.75) is 13.8 Å². The van der Waals surface area contributed by atoms with Crippen LogP contribution in [0.25, 0.3) is 0 Å². The van der Waals surface area contributed by atoms with E-state index in [0.717, 1.165) is 6.08 Å². The number of allylic oxidation sites excluding steroid dienone is 2. The summed E-state index contributed by atoms with van der Waals surface area (Å²) in [6.07, 6.45) is 2.45. The van der Waals surface area contributed by atoms with Crippen molar-refractivity contribution < 1.29 is 9.59 Å². The average Bonchev–Trinajstić information content (AvgIpc) is 2.61. The Bertz CT molecular complexity index is 1010. The zero-order valence-corrected chi connectivity index (χ0v) is 14.8. The molecule has 0 aliphatic heterocycles. The second kappa shape index (κ2) is 7.93. The van der Waals surface area contributed by atoms with Gasteiger partial charge in [-0.05, 0) is 43.7 Å². The van der Waals surface area contributed by atoms with E-state index in [4.69, 9.17) is 22.1 Å². The van der Waals surface area contributed by atoms with Gasteiger partial charge in [0.05, 0.1) is 5.56 Å². The van der Waals surface area contributed by atoms with Crippen LogP contribution in [0.4, 0.5) is 11.4 Å².